The van der Waals surface area contributed by atoms with Gasteiger partial charge in [-0.1, -0.05) is 12.1 Å². The van der Waals surface area contributed by atoms with Crippen LogP contribution < -0.4 is 4.74 Å². The number of hydrogen-bond acceptors (Lipinski definition) is 6. The van der Waals surface area contributed by atoms with Crippen molar-refractivity contribution in [3.63, 3.8) is 0 Å². The molecule has 1 aromatic carbocycles. The van der Waals surface area contributed by atoms with Crippen molar-refractivity contribution >= 4 is 27.5 Å². The second-order valence-corrected chi connectivity index (χ2v) is 8.71. The zero-order valence-electron chi connectivity index (χ0n) is 18.7. The molecule has 0 aliphatic heterocycles. The Labute approximate surface area is 195 Å². The number of methoxy groups -OCH3 is 1. The molecule has 6 nitrogen and oxygen atoms in total. The minimum absolute atomic E-state index is 0.00995. The third kappa shape index (κ3) is 5.35. The van der Waals surface area contributed by atoms with Gasteiger partial charge in [0.25, 0.3) is 0 Å². The van der Waals surface area contributed by atoms with Crippen LogP contribution in [0.4, 0.5) is 4.39 Å². The van der Waals surface area contributed by atoms with Crippen molar-refractivity contribution in [2.45, 2.75) is 20.4 Å². The van der Waals surface area contributed by atoms with Gasteiger partial charge >= 0.3 is 0 Å². The lowest BCUT2D eigenvalue weighted by Gasteiger charge is -2.20. The largest absolute Gasteiger partial charge is 0.453 e. The van der Waals surface area contributed by atoms with Gasteiger partial charge in [-0.2, -0.15) is 0 Å². The highest BCUT2D eigenvalue weighted by atomic mass is 32.1. The molecule has 8 heteroatoms. The maximum atomic E-state index is 14.3. The lowest BCUT2D eigenvalue weighted by molar-refractivity contribution is -0.130. The van der Waals surface area contributed by atoms with Crippen molar-refractivity contribution < 1.29 is 18.7 Å². The standard InChI is InChI=1S/C25H24FN3O3S/c1-16-4-7-22(19(26)12-16)32-23-8-9-27-21-13-24(33-25(21)23)20-6-5-18(14-28-20)15-29(17(2)30)10-11-31-3/h4-9,12-14H,10-11,15H2,1-3H3. The molecule has 170 valence electrons. The van der Waals surface area contributed by atoms with Crippen molar-refractivity contribution in [1.82, 2.24) is 14.9 Å². The highest BCUT2D eigenvalue weighted by Crippen LogP contribution is 2.39. The molecule has 0 saturated carbocycles. The molecule has 0 bridgehead atoms. The minimum Gasteiger partial charge on any atom is -0.453 e. The average molecular weight is 466 g/mol. The number of rotatable bonds is 8. The van der Waals surface area contributed by atoms with E-state index in [0.717, 1.165) is 31.9 Å². The highest BCUT2D eigenvalue weighted by molar-refractivity contribution is 7.22. The van der Waals surface area contributed by atoms with Gasteiger partial charge in [-0.15, -0.1) is 11.3 Å². The van der Waals surface area contributed by atoms with Crippen molar-refractivity contribution in [2.75, 3.05) is 20.3 Å². The second-order valence-electron chi connectivity index (χ2n) is 7.66. The fraction of sp³-hybridized carbons (Fsp3) is 0.240. The van der Waals surface area contributed by atoms with Gasteiger partial charge in [-0.25, -0.2) is 4.39 Å². The average Bonchev–Trinajstić information content (AvgIpc) is 3.24. The van der Waals surface area contributed by atoms with E-state index in [9.17, 15) is 9.18 Å². The summed E-state index contributed by atoms with van der Waals surface area (Å²) < 4.78 is 26.0. The molecule has 0 spiro atoms. The van der Waals surface area contributed by atoms with Crippen LogP contribution in [0, 0.1) is 12.7 Å². The number of nitrogens with zero attached hydrogens (tertiary/aromatic N) is 3. The van der Waals surface area contributed by atoms with Crippen LogP contribution in [-0.4, -0.2) is 41.0 Å². The summed E-state index contributed by atoms with van der Waals surface area (Å²) in [5.74, 6) is 0.309. The van der Waals surface area contributed by atoms with Crippen LogP contribution in [-0.2, 0) is 16.1 Å². The number of fused-ring (bicyclic) bond motifs is 1. The topological polar surface area (TPSA) is 64.6 Å². The van der Waals surface area contributed by atoms with Crippen molar-refractivity contribution in [2.24, 2.45) is 0 Å². The van der Waals surface area contributed by atoms with Crippen LogP contribution >= 0.6 is 11.3 Å². The Hall–Kier alpha value is -3.36. The predicted molar refractivity (Wildman–Crippen MR) is 127 cm³/mol. The fourth-order valence-corrected chi connectivity index (χ4v) is 4.40. The molecule has 0 atom stereocenters. The molecule has 0 aliphatic rings. The Bertz CT molecular complexity index is 1270. The first-order valence-corrected chi connectivity index (χ1v) is 11.3. The zero-order chi connectivity index (χ0) is 23.4. The Morgan fingerprint density at radius 3 is 2.67 bits per heavy atom. The van der Waals surface area contributed by atoms with E-state index < -0.39 is 5.82 Å². The van der Waals surface area contributed by atoms with Gasteiger partial charge in [-0.05, 0) is 42.3 Å². The molecule has 3 heterocycles. The zero-order valence-corrected chi connectivity index (χ0v) is 19.5. The van der Waals surface area contributed by atoms with Gasteiger partial charge in [0.2, 0.25) is 5.91 Å². The maximum Gasteiger partial charge on any atom is 0.219 e. The molecule has 0 unspecified atom stereocenters. The van der Waals surface area contributed by atoms with Crippen molar-refractivity contribution in [3.8, 4) is 22.1 Å². The van der Waals surface area contributed by atoms with Crippen molar-refractivity contribution in [3.05, 3.63) is 71.8 Å². The fourth-order valence-electron chi connectivity index (χ4n) is 3.36. The summed E-state index contributed by atoms with van der Waals surface area (Å²) in [5, 5.41) is 0. The van der Waals surface area contributed by atoms with Gasteiger partial charge in [-0.3, -0.25) is 14.8 Å². The molecule has 0 fully saturated rings. The minimum atomic E-state index is -0.404. The van der Waals surface area contributed by atoms with E-state index >= 15 is 0 Å². The summed E-state index contributed by atoms with van der Waals surface area (Å²) >= 11 is 1.49. The summed E-state index contributed by atoms with van der Waals surface area (Å²) in [4.78, 5) is 23.5. The Morgan fingerprint density at radius 1 is 1.12 bits per heavy atom. The monoisotopic (exact) mass is 465 g/mol. The molecule has 0 N–H and O–H groups in total. The molecule has 0 saturated heterocycles. The molecule has 4 aromatic rings. The first kappa shape index (κ1) is 22.8. The third-order valence-corrected chi connectivity index (χ3v) is 6.31. The van der Waals surface area contributed by atoms with E-state index in [2.05, 4.69) is 9.97 Å². The quantitative estimate of drug-likeness (QED) is 0.339. The number of aryl methyl sites for hydroxylation is 1. The van der Waals surface area contributed by atoms with Crippen LogP contribution in [0.2, 0.25) is 0 Å². The lowest BCUT2D eigenvalue weighted by atomic mass is 10.2. The number of aromatic nitrogens is 2. The van der Waals surface area contributed by atoms with E-state index in [1.165, 1.54) is 17.4 Å². The number of benzene rings is 1. The number of pyridine rings is 2. The molecule has 0 radical (unpaired) electrons. The summed E-state index contributed by atoms with van der Waals surface area (Å²) in [6.07, 6.45) is 3.42. The Kier molecular flexibility index (Phi) is 6.96. The number of halogens is 1. The van der Waals surface area contributed by atoms with Crippen LogP contribution in [0.1, 0.15) is 18.1 Å². The van der Waals surface area contributed by atoms with Gasteiger partial charge in [0.15, 0.2) is 11.6 Å². The summed E-state index contributed by atoms with van der Waals surface area (Å²) in [7, 11) is 1.61. The number of amides is 1. The van der Waals surface area contributed by atoms with Crippen molar-refractivity contribution in [1.29, 1.82) is 0 Å². The van der Waals surface area contributed by atoms with E-state index in [1.54, 1.807) is 43.5 Å². The number of hydrogen-bond donors (Lipinski definition) is 0. The molecular formula is C25H24FN3O3S. The highest BCUT2D eigenvalue weighted by Gasteiger charge is 2.14. The SMILES string of the molecule is COCCN(Cc1ccc(-c2cc3nccc(Oc4ccc(C)cc4F)c3s2)nc1)C(C)=O. The van der Waals surface area contributed by atoms with E-state index in [0.29, 0.717) is 25.4 Å². The molecular weight excluding hydrogens is 441 g/mol. The second kappa shape index (κ2) is 10.1. The smallest absolute Gasteiger partial charge is 0.219 e. The Morgan fingerprint density at radius 2 is 1.97 bits per heavy atom. The normalized spacial score (nSPS) is 11.0. The van der Waals surface area contributed by atoms with Crippen LogP contribution in [0.3, 0.4) is 0 Å². The molecule has 3 aromatic heterocycles. The molecule has 33 heavy (non-hydrogen) atoms. The van der Waals surface area contributed by atoms with Crippen LogP contribution in [0.5, 0.6) is 11.5 Å². The number of carbonyl (C=O) groups excluding carboxylic acids is 1. The van der Waals surface area contributed by atoms with Crippen LogP contribution in [0.15, 0.2) is 54.9 Å². The van der Waals surface area contributed by atoms with Gasteiger partial charge in [0, 0.05) is 45.6 Å². The summed E-state index contributed by atoms with van der Waals surface area (Å²) in [6.45, 7) is 4.86. The summed E-state index contributed by atoms with van der Waals surface area (Å²) in [6, 6.07) is 12.4. The van der Waals surface area contributed by atoms with Gasteiger partial charge in [0.1, 0.15) is 5.75 Å². The molecule has 0 aliphatic carbocycles. The van der Waals surface area contributed by atoms with Gasteiger partial charge < -0.3 is 14.4 Å². The Balaban J connectivity index is 1.56. The lowest BCUT2D eigenvalue weighted by Crippen LogP contribution is -2.31. The molecule has 1 amide bonds. The van der Waals surface area contributed by atoms with Crippen LogP contribution in [0.25, 0.3) is 20.8 Å². The first-order valence-electron chi connectivity index (χ1n) is 10.5. The van der Waals surface area contributed by atoms with E-state index in [4.69, 9.17) is 9.47 Å². The predicted octanol–water partition coefficient (Wildman–Crippen LogP) is 5.59. The number of carbonyl (C=O) groups is 1. The first-order chi connectivity index (χ1) is 15.9. The van der Waals surface area contributed by atoms with Gasteiger partial charge in [0.05, 0.1) is 27.4 Å². The molecule has 4 rings (SSSR count). The number of ether oxygens (including phenoxy) is 2. The number of thiophene rings is 1. The van der Waals surface area contributed by atoms with E-state index in [1.807, 2.05) is 31.2 Å². The summed E-state index contributed by atoms with van der Waals surface area (Å²) in [5.41, 5.74) is 3.31. The maximum absolute atomic E-state index is 14.3. The third-order valence-electron chi connectivity index (χ3n) is 5.14. The van der Waals surface area contributed by atoms with E-state index in [-0.39, 0.29) is 11.7 Å².